The van der Waals surface area contributed by atoms with Crippen molar-refractivity contribution in [3.63, 3.8) is 0 Å². The van der Waals surface area contributed by atoms with Crippen molar-refractivity contribution in [3.8, 4) is 11.8 Å². The summed E-state index contributed by atoms with van der Waals surface area (Å²) in [6, 6.07) is 4.60. The Balaban J connectivity index is 3.08. The number of methoxy groups -OCH3 is 1. The van der Waals surface area contributed by atoms with Crippen LogP contribution in [0.4, 0.5) is 0 Å². The van der Waals surface area contributed by atoms with Gasteiger partial charge in [0, 0.05) is 5.56 Å². The molecule has 0 amide bonds. The first-order chi connectivity index (χ1) is 7.19. The number of halogens is 1. The molecule has 0 aliphatic heterocycles. The molecule has 0 saturated carbocycles. The van der Waals surface area contributed by atoms with Gasteiger partial charge in [0.15, 0.2) is 6.29 Å². The molecule has 1 aromatic carbocycles. The first-order valence-electron chi connectivity index (χ1n) is 4.02. The second-order valence-corrected chi connectivity index (χ2v) is 2.98. The molecule has 1 aromatic rings. The molecule has 76 valence electrons. The van der Waals surface area contributed by atoms with Gasteiger partial charge in [-0.3, -0.25) is 4.79 Å². The molecule has 0 aliphatic rings. The number of hydrogen-bond acceptors (Lipinski definition) is 3. The number of ether oxygens (including phenoxy) is 1. The van der Waals surface area contributed by atoms with E-state index in [9.17, 15) is 9.59 Å². The fourth-order valence-corrected chi connectivity index (χ4v) is 1.24. The number of hydrogen-bond donors (Lipinski definition) is 0. The van der Waals surface area contributed by atoms with Crippen LogP contribution >= 0.6 is 11.6 Å². The number of carbonyl (C=O) groups excluding carboxylic acids is 2. The minimum atomic E-state index is -0.505. The molecular formula is C11H7ClO3. The summed E-state index contributed by atoms with van der Waals surface area (Å²) in [4.78, 5) is 21.2. The number of esters is 1. The molecule has 0 heterocycles. The lowest BCUT2D eigenvalue weighted by molar-refractivity contribution is -0.103. The Morgan fingerprint density at radius 3 is 2.80 bits per heavy atom. The van der Waals surface area contributed by atoms with Crippen molar-refractivity contribution < 1.29 is 14.3 Å². The van der Waals surface area contributed by atoms with E-state index in [-0.39, 0.29) is 10.6 Å². The molecule has 0 fully saturated rings. The van der Waals surface area contributed by atoms with E-state index in [2.05, 4.69) is 16.6 Å². The Morgan fingerprint density at radius 2 is 2.27 bits per heavy atom. The molecular weight excluding hydrogens is 216 g/mol. The van der Waals surface area contributed by atoms with Crippen molar-refractivity contribution in [1.82, 2.24) is 0 Å². The van der Waals surface area contributed by atoms with E-state index < -0.39 is 5.97 Å². The first kappa shape index (κ1) is 11.3. The highest BCUT2D eigenvalue weighted by atomic mass is 35.5. The molecule has 4 heteroatoms. The third-order valence-electron chi connectivity index (χ3n) is 1.65. The zero-order valence-corrected chi connectivity index (χ0v) is 8.67. The average Bonchev–Trinajstić information content (AvgIpc) is 2.25. The van der Waals surface area contributed by atoms with Crippen LogP contribution < -0.4 is 0 Å². The van der Waals surface area contributed by atoms with Crippen LogP contribution in [-0.4, -0.2) is 19.4 Å². The summed E-state index contributed by atoms with van der Waals surface area (Å²) in [6.45, 7) is 0. The van der Waals surface area contributed by atoms with Crippen molar-refractivity contribution in [2.75, 3.05) is 7.11 Å². The first-order valence-corrected chi connectivity index (χ1v) is 4.40. The van der Waals surface area contributed by atoms with E-state index in [1.165, 1.54) is 19.2 Å². The van der Waals surface area contributed by atoms with E-state index in [0.29, 0.717) is 11.8 Å². The van der Waals surface area contributed by atoms with Crippen molar-refractivity contribution in [2.45, 2.75) is 0 Å². The third kappa shape index (κ3) is 2.83. The van der Waals surface area contributed by atoms with Gasteiger partial charge in [-0.05, 0) is 24.1 Å². The molecule has 15 heavy (non-hydrogen) atoms. The van der Waals surface area contributed by atoms with Crippen LogP contribution in [0.2, 0.25) is 5.02 Å². The second-order valence-electron chi connectivity index (χ2n) is 2.57. The predicted molar refractivity (Wildman–Crippen MR) is 55.7 cm³/mol. The van der Waals surface area contributed by atoms with Crippen molar-refractivity contribution in [1.29, 1.82) is 0 Å². The van der Waals surface area contributed by atoms with Gasteiger partial charge in [0.05, 0.1) is 17.7 Å². The highest BCUT2D eigenvalue weighted by Crippen LogP contribution is 2.18. The summed E-state index contributed by atoms with van der Waals surface area (Å²) in [5.41, 5.74) is 0.843. The standard InChI is InChI=1S/C11H7ClO3/c1-15-11(14)9-5-4-8(3-2-6-13)7-10(9)12/h4-7H,1H3. The molecule has 0 saturated heterocycles. The lowest BCUT2D eigenvalue weighted by Gasteiger charge is -2.01. The quantitative estimate of drug-likeness (QED) is 0.413. The number of benzene rings is 1. The van der Waals surface area contributed by atoms with Gasteiger partial charge < -0.3 is 4.74 Å². The predicted octanol–water partition coefficient (Wildman–Crippen LogP) is 1.68. The van der Waals surface area contributed by atoms with Crippen LogP contribution in [-0.2, 0) is 9.53 Å². The molecule has 0 radical (unpaired) electrons. The topological polar surface area (TPSA) is 43.4 Å². The largest absolute Gasteiger partial charge is 0.465 e. The summed E-state index contributed by atoms with van der Waals surface area (Å²) in [5, 5.41) is 0.250. The van der Waals surface area contributed by atoms with Crippen LogP contribution in [0.5, 0.6) is 0 Å². The molecule has 0 aromatic heterocycles. The molecule has 3 nitrogen and oxygen atoms in total. The van der Waals surface area contributed by atoms with E-state index >= 15 is 0 Å². The van der Waals surface area contributed by atoms with Gasteiger partial charge in [-0.2, -0.15) is 0 Å². The van der Waals surface area contributed by atoms with E-state index in [0.717, 1.165) is 0 Å². The summed E-state index contributed by atoms with van der Waals surface area (Å²) < 4.78 is 4.52. The zero-order chi connectivity index (χ0) is 11.3. The monoisotopic (exact) mass is 222 g/mol. The zero-order valence-electron chi connectivity index (χ0n) is 7.91. The number of aldehydes is 1. The minimum absolute atomic E-state index is 0.250. The van der Waals surface area contributed by atoms with Gasteiger partial charge in [-0.1, -0.05) is 17.5 Å². The van der Waals surface area contributed by atoms with Crippen molar-refractivity contribution >= 4 is 23.9 Å². The SMILES string of the molecule is COC(=O)c1ccc(C#CC=O)cc1Cl. The normalized spacial score (nSPS) is 8.67. The van der Waals surface area contributed by atoms with E-state index in [1.54, 1.807) is 6.07 Å². The smallest absolute Gasteiger partial charge is 0.339 e. The summed E-state index contributed by atoms with van der Waals surface area (Å²) >= 11 is 5.83. The van der Waals surface area contributed by atoms with Gasteiger partial charge in [0.1, 0.15) is 0 Å². The fourth-order valence-electron chi connectivity index (χ4n) is 0.981. The van der Waals surface area contributed by atoms with Crippen LogP contribution in [0.25, 0.3) is 0 Å². The Kier molecular flexibility index (Phi) is 3.90. The van der Waals surface area contributed by atoms with Crippen LogP contribution in [0.1, 0.15) is 15.9 Å². The van der Waals surface area contributed by atoms with Crippen LogP contribution in [0, 0.1) is 11.8 Å². The lowest BCUT2D eigenvalue weighted by atomic mass is 10.1. The molecule has 0 unspecified atom stereocenters. The summed E-state index contributed by atoms with van der Waals surface area (Å²) in [7, 11) is 1.28. The number of carbonyl (C=O) groups is 2. The van der Waals surface area contributed by atoms with Gasteiger partial charge in [0.25, 0.3) is 0 Å². The van der Waals surface area contributed by atoms with E-state index in [1.807, 2.05) is 0 Å². The maximum atomic E-state index is 11.2. The maximum absolute atomic E-state index is 11.2. The molecule has 0 atom stereocenters. The highest BCUT2D eigenvalue weighted by Gasteiger charge is 2.09. The second kappa shape index (κ2) is 5.18. The molecule has 0 aliphatic carbocycles. The van der Waals surface area contributed by atoms with Crippen molar-refractivity contribution in [3.05, 3.63) is 34.3 Å². The Morgan fingerprint density at radius 1 is 1.53 bits per heavy atom. The Bertz CT molecular complexity index is 455. The van der Waals surface area contributed by atoms with Gasteiger partial charge in [-0.25, -0.2) is 4.79 Å². The maximum Gasteiger partial charge on any atom is 0.339 e. The van der Waals surface area contributed by atoms with Gasteiger partial charge in [0.2, 0.25) is 0 Å². The average molecular weight is 223 g/mol. The molecule has 0 N–H and O–H groups in total. The minimum Gasteiger partial charge on any atom is -0.465 e. The van der Waals surface area contributed by atoms with Crippen LogP contribution in [0.15, 0.2) is 18.2 Å². The fraction of sp³-hybridized carbons (Fsp3) is 0.0909. The summed E-state index contributed by atoms with van der Waals surface area (Å²) in [6.07, 6.45) is 0.488. The molecule has 0 bridgehead atoms. The Labute approximate surface area is 92.0 Å². The lowest BCUT2D eigenvalue weighted by Crippen LogP contribution is -2.01. The van der Waals surface area contributed by atoms with Gasteiger partial charge in [-0.15, -0.1) is 0 Å². The van der Waals surface area contributed by atoms with E-state index in [4.69, 9.17) is 11.6 Å². The summed E-state index contributed by atoms with van der Waals surface area (Å²) in [5.74, 6) is 4.31. The third-order valence-corrected chi connectivity index (χ3v) is 1.96. The van der Waals surface area contributed by atoms with Crippen molar-refractivity contribution in [2.24, 2.45) is 0 Å². The number of rotatable bonds is 1. The van der Waals surface area contributed by atoms with Crippen LogP contribution in [0.3, 0.4) is 0 Å². The molecule has 1 rings (SSSR count). The Hall–Kier alpha value is -1.79. The molecule has 0 spiro atoms. The highest BCUT2D eigenvalue weighted by molar-refractivity contribution is 6.33. The van der Waals surface area contributed by atoms with Gasteiger partial charge >= 0.3 is 5.97 Å².